The van der Waals surface area contributed by atoms with Crippen LogP contribution in [0.3, 0.4) is 0 Å². The van der Waals surface area contributed by atoms with Crippen molar-refractivity contribution in [2.24, 2.45) is 0 Å². The lowest BCUT2D eigenvalue weighted by molar-refractivity contribution is 0.0705. The molecule has 1 fully saturated rings. The van der Waals surface area contributed by atoms with Crippen LogP contribution in [0.25, 0.3) is 0 Å². The van der Waals surface area contributed by atoms with Gasteiger partial charge in [0, 0.05) is 26.3 Å². The van der Waals surface area contributed by atoms with Gasteiger partial charge in [0.25, 0.3) is 0 Å². The second kappa shape index (κ2) is 8.08. The highest BCUT2D eigenvalue weighted by Crippen LogP contribution is 2.19. The van der Waals surface area contributed by atoms with E-state index >= 15 is 0 Å². The van der Waals surface area contributed by atoms with Crippen molar-refractivity contribution < 1.29 is 13.9 Å². The summed E-state index contributed by atoms with van der Waals surface area (Å²) in [6.45, 7) is 3.37. The van der Waals surface area contributed by atoms with Crippen LogP contribution in [0.1, 0.15) is 25.2 Å². The molecule has 108 valence electrons. The fourth-order valence-corrected chi connectivity index (χ4v) is 1.53. The maximum atomic E-state index is 5.45. The van der Waals surface area contributed by atoms with Crippen LogP contribution in [0.4, 0.5) is 6.01 Å². The molecule has 0 amide bonds. The molecule has 1 aliphatic carbocycles. The third-order valence-corrected chi connectivity index (χ3v) is 2.76. The molecule has 1 saturated carbocycles. The van der Waals surface area contributed by atoms with Gasteiger partial charge in [-0.1, -0.05) is 5.10 Å². The van der Waals surface area contributed by atoms with Gasteiger partial charge < -0.3 is 24.5 Å². The molecule has 0 aromatic carbocycles. The Labute approximate surface area is 113 Å². The first-order valence-corrected chi connectivity index (χ1v) is 6.75. The molecule has 0 atom stereocenters. The van der Waals surface area contributed by atoms with Crippen molar-refractivity contribution in [3.63, 3.8) is 0 Å². The van der Waals surface area contributed by atoms with Gasteiger partial charge in [0.1, 0.15) is 0 Å². The Bertz CT molecular complexity index is 354. The van der Waals surface area contributed by atoms with Crippen LogP contribution in [0.15, 0.2) is 4.42 Å². The molecule has 0 radical (unpaired) electrons. The van der Waals surface area contributed by atoms with Gasteiger partial charge in [-0.25, -0.2) is 0 Å². The van der Waals surface area contributed by atoms with Crippen LogP contribution >= 0.6 is 0 Å². The first-order valence-electron chi connectivity index (χ1n) is 6.75. The summed E-state index contributed by atoms with van der Waals surface area (Å²) in [5, 5.41) is 14.3. The number of methoxy groups -OCH3 is 1. The van der Waals surface area contributed by atoms with Crippen molar-refractivity contribution >= 4 is 6.01 Å². The van der Waals surface area contributed by atoms with Crippen molar-refractivity contribution in [2.45, 2.75) is 31.8 Å². The zero-order chi connectivity index (χ0) is 13.3. The molecule has 2 N–H and O–H groups in total. The van der Waals surface area contributed by atoms with Crippen LogP contribution in [-0.4, -0.2) is 49.7 Å². The monoisotopic (exact) mass is 270 g/mol. The van der Waals surface area contributed by atoms with E-state index in [1.807, 2.05) is 0 Å². The van der Waals surface area contributed by atoms with Crippen LogP contribution in [-0.2, 0) is 16.0 Å². The number of nitrogens with one attached hydrogen (secondary N) is 2. The molecular weight excluding hydrogens is 248 g/mol. The van der Waals surface area contributed by atoms with E-state index in [0.29, 0.717) is 44.3 Å². The highest BCUT2D eigenvalue weighted by molar-refractivity contribution is 5.16. The van der Waals surface area contributed by atoms with Gasteiger partial charge in [-0.05, 0) is 19.3 Å². The van der Waals surface area contributed by atoms with Crippen molar-refractivity contribution in [1.29, 1.82) is 0 Å². The number of hydrogen-bond donors (Lipinski definition) is 2. The molecule has 7 nitrogen and oxygen atoms in total. The molecule has 19 heavy (non-hydrogen) atoms. The Balaban J connectivity index is 1.50. The lowest BCUT2D eigenvalue weighted by atomic mass is 10.4. The van der Waals surface area contributed by atoms with Crippen LogP contribution in [0.5, 0.6) is 0 Å². The molecule has 0 bridgehead atoms. The molecule has 1 aliphatic rings. The fourth-order valence-electron chi connectivity index (χ4n) is 1.53. The minimum atomic E-state index is 0.476. The van der Waals surface area contributed by atoms with E-state index in [2.05, 4.69) is 20.8 Å². The summed E-state index contributed by atoms with van der Waals surface area (Å²) < 4.78 is 15.7. The van der Waals surface area contributed by atoms with Gasteiger partial charge in [0.05, 0.1) is 19.8 Å². The summed E-state index contributed by atoms with van der Waals surface area (Å²) in [6, 6.07) is 1.12. The smallest absolute Gasteiger partial charge is 0.315 e. The highest BCUT2D eigenvalue weighted by Gasteiger charge is 2.21. The molecule has 7 heteroatoms. The summed E-state index contributed by atoms with van der Waals surface area (Å²) in [5.41, 5.74) is 0. The summed E-state index contributed by atoms with van der Waals surface area (Å²) in [4.78, 5) is 0. The Morgan fingerprint density at radius 3 is 2.95 bits per heavy atom. The Morgan fingerprint density at radius 2 is 2.16 bits per heavy atom. The molecule has 0 unspecified atom stereocenters. The molecule has 0 spiro atoms. The van der Waals surface area contributed by atoms with Gasteiger partial charge >= 0.3 is 6.01 Å². The highest BCUT2D eigenvalue weighted by atomic mass is 16.5. The minimum absolute atomic E-state index is 0.476. The lowest BCUT2D eigenvalue weighted by Crippen LogP contribution is -2.15. The molecule has 1 aromatic rings. The van der Waals surface area contributed by atoms with Crippen LogP contribution < -0.4 is 10.6 Å². The number of ether oxygens (including phenoxy) is 2. The topological polar surface area (TPSA) is 81.4 Å². The minimum Gasteiger partial charge on any atom is -0.407 e. The maximum Gasteiger partial charge on any atom is 0.315 e. The molecule has 1 aromatic heterocycles. The lowest BCUT2D eigenvalue weighted by Gasteiger charge is -2.03. The van der Waals surface area contributed by atoms with E-state index in [1.165, 1.54) is 12.8 Å². The molecular formula is C12H22N4O3. The second-order valence-electron chi connectivity index (χ2n) is 4.54. The van der Waals surface area contributed by atoms with Gasteiger partial charge in [-0.2, -0.15) is 0 Å². The van der Waals surface area contributed by atoms with Gasteiger partial charge in [0.15, 0.2) is 0 Å². The Kier molecular flexibility index (Phi) is 6.06. The average molecular weight is 270 g/mol. The molecule has 2 rings (SSSR count). The van der Waals surface area contributed by atoms with E-state index in [1.54, 1.807) is 7.11 Å². The van der Waals surface area contributed by atoms with E-state index < -0.39 is 0 Å². The first-order chi connectivity index (χ1) is 9.38. The van der Waals surface area contributed by atoms with Crippen LogP contribution in [0.2, 0.25) is 0 Å². The fraction of sp³-hybridized carbons (Fsp3) is 0.833. The quantitative estimate of drug-likeness (QED) is 0.575. The SMILES string of the molecule is COCCOCCCNc1nnc(CNC2CC2)o1. The average Bonchev–Trinajstić information content (AvgIpc) is 3.15. The molecule has 1 heterocycles. The Hall–Kier alpha value is -1.18. The third-order valence-electron chi connectivity index (χ3n) is 2.76. The largest absolute Gasteiger partial charge is 0.407 e. The first kappa shape index (κ1) is 14.2. The van der Waals surface area contributed by atoms with Crippen molar-refractivity contribution in [1.82, 2.24) is 15.5 Å². The molecule has 0 aliphatic heterocycles. The standard InChI is InChI=1S/C12H22N4O3/c1-17-7-8-18-6-2-5-13-12-16-15-11(19-12)9-14-10-3-4-10/h10,14H,2-9H2,1H3,(H,13,16). The normalized spacial score (nSPS) is 14.8. The predicted octanol–water partition coefficient (Wildman–Crippen LogP) is 0.787. The molecule has 0 saturated heterocycles. The third kappa shape index (κ3) is 6.00. The van der Waals surface area contributed by atoms with E-state index in [-0.39, 0.29) is 0 Å². The summed E-state index contributed by atoms with van der Waals surface area (Å²) in [7, 11) is 1.66. The number of rotatable bonds is 11. The Morgan fingerprint density at radius 1 is 1.26 bits per heavy atom. The number of nitrogens with zero attached hydrogens (tertiary/aromatic N) is 2. The summed E-state index contributed by atoms with van der Waals surface area (Å²) in [5.74, 6) is 0.630. The zero-order valence-electron chi connectivity index (χ0n) is 11.4. The van der Waals surface area contributed by atoms with Gasteiger partial charge in [0.2, 0.25) is 5.89 Å². The van der Waals surface area contributed by atoms with E-state index in [9.17, 15) is 0 Å². The number of aromatic nitrogens is 2. The van der Waals surface area contributed by atoms with Crippen LogP contribution in [0, 0.1) is 0 Å². The summed E-state index contributed by atoms with van der Waals surface area (Å²) >= 11 is 0. The van der Waals surface area contributed by atoms with Crippen molar-refractivity contribution in [3.05, 3.63) is 5.89 Å². The maximum absolute atomic E-state index is 5.45. The van der Waals surface area contributed by atoms with Gasteiger partial charge in [-0.3, -0.25) is 0 Å². The zero-order valence-corrected chi connectivity index (χ0v) is 11.4. The number of hydrogen-bond acceptors (Lipinski definition) is 7. The van der Waals surface area contributed by atoms with Gasteiger partial charge in [-0.15, -0.1) is 5.10 Å². The van der Waals surface area contributed by atoms with E-state index in [0.717, 1.165) is 13.0 Å². The summed E-state index contributed by atoms with van der Waals surface area (Å²) in [6.07, 6.45) is 3.40. The second-order valence-corrected chi connectivity index (χ2v) is 4.54. The predicted molar refractivity (Wildman–Crippen MR) is 70.0 cm³/mol. The van der Waals surface area contributed by atoms with Crippen molar-refractivity contribution in [2.75, 3.05) is 38.8 Å². The number of anilines is 1. The van der Waals surface area contributed by atoms with Crippen molar-refractivity contribution in [3.8, 4) is 0 Å². The van der Waals surface area contributed by atoms with E-state index in [4.69, 9.17) is 13.9 Å².